The highest BCUT2D eigenvalue weighted by atomic mass is 35.5. The molecule has 2 unspecified atom stereocenters. The van der Waals surface area contributed by atoms with Crippen LogP contribution < -0.4 is 10.2 Å². The Morgan fingerprint density at radius 3 is 2.33 bits per heavy atom. The van der Waals surface area contributed by atoms with Crippen LogP contribution in [0.15, 0.2) is 65.6 Å². The van der Waals surface area contributed by atoms with E-state index in [4.69, 9.17) is 11.6 Å². The molecule has 2 bridgehead atoms. The Hall–Kier alpha value is -2.74. The van der Waals surface area contributed by atoms with Gasteiger partial charge in [-0.15, -0.1) is 12.6 Å². The van der Waals surface area contributed by atoms with Crippen molar-refractivity contribution in [2.75, 3.05) is 31.1 Å². The lowest BCUT2D eigenvalue weighted by Crippen LogP contribution is -2.55. The monoisotopic (exact) mass is 581 g/mol. The zero-order valence-corrected chi connectivity index (χ0v) is 24.5. The molecule has 3 fully saturated rings. The van der Waals surface area contributed by atoms with Crippen LogP contribution in [0.4, 0.5) is 10.1 Å². The molecular formula is C32H37ClFN3O2S. The first-order chi connectivity index (χ1) is 19.4. The second-order valence-electron chi connectivity index (χ2n) is 10.9. The van der Waals surface area contributed by atoms with Crippen molar-refractivity contribution in [2.45, 2.75) is 61.9 Å². The second kappa shape index (κ2) is 12.8. The number of piperazine rings is 1. The SMILES string of the molecule is CCc1cc(S)cc(N2C3CCC2CN(C(=O)c2ccc(F)cc2Cl)C3)c1O.c1ccc(C2CCNCC2)cc1. The third-order valence-corrected chi connectivity index (χ3v) is 8.92. The molecule has 0 aliphatic carbocycles. The molecule has 8 heteroatoms. The number of nitrogens with zero attached hydrogens (tertiary/aromatic N) is 2. The van der Waals surface area contributed by atoms with E-state index in [1.54, 1.807) is 4.90 Å². The maximum atomic E-state index is 13.3. The lowest BCUT2D eigenvalue weighted by molar-refractivity contribution is 0.0718. The number of fused-ring (bicyclic) bond motifs is 2. The van der Waals surface area contributed by atoms with E-state index in [1.807, 2.05) is 19.1 Å². The van der Waals surface area contributed by atoms with Gasteiger partial charge in [-0.1, -0.05) is 48.9 Å². The van der Waals surface area contributed by atoms with Gasteiger partial charge in [0.1, 0.15) is 11.6 Å². The average Bonchev–Trinajstić information content (AvgIpc) is 3.23. The van der Waals surface area contributed by atoms with E-state index in [0.717, 1.165) is 41.3 Å². The minimum Gasteiger partial charge on any atom is -0.505 e. The summed E-state index contributed by atoms with van der Waals surface area (Å²) in [5, 5.41) is 14.3. The van der Waals surface area contributed by atoms with Crippen LogP contribution in [0, 0.1) is 5.82 Å². The first-order valence-corrected chi connectivity index (χ1v) is 15.0. The van der Waals surface area contributed by atoms with E-state index in [0.29, 0.717) is 24.4 Å². The van der Waals surface area contributed by atoms with Crippen molar-refractivity contribution in [3.8, 4) is 5.75 Å². The maximum Gasteiger partial charge on any atom is 0.255 e. The summed E-state index contributed by atoms with van der Waals surface area (Å²) in [6.45, 7) is 5.45. The number of phenolic OH excluding ortho intramolecular Hbond substituents is 1. The van der Waals surface area contributed by atoms with Crippen LogP contribution in [0.5, 0.6) is 5.75 Å². The fraction of sp³-hybridized carbons (Fsp3) is 0.406. The number of rotatable bonds is 4. The first kappa shape index (κ1) is 28.8. The molecule has 5 nitrogen and oxygen atoms in total. The maximum absolute atomic E-state index is 13.3. The van der Waals surface area contributed by atoms with Crippen molar-refractivity contribution >= 4 is 35.8 Å². The summed E-state index contributed by atoms with van der Waals surface area (Å²) in [5.74, 6) is 0.467. The Labute approximate surface area is 246 Å². The number of carbonyl (C=O) groups excluding carboxylic acids is 1. The van der Waals surface area contributed by atoms with Gasteiger partial charge in [-0.2, -0.15) is 0 Å². The number of benzene rings is 3. The molecule has 212 valence electrons. The highest BCUT2D eigenvalue weighted by Crippen LogP contribution is 2.42. The Morgan fingerprint density at radius 2 is 1.70 bits per heavy atom. The zero-order chi connectivity index (χ0) is 28.2. The van der Waals surface area contributed by atoms with Crippen molar-refractivity contribution in [1.82, 2.24) is 10.2 Å². The average molecular weight is 582 g/mol. The third kappa shape index (κ3) is 6.27. The number of aryl methyl sites for hydroxylation is 1. The summed E-state index contributed by atoms with van der Waals surface area (Å²) in [5.41, 5.74) is 3.51. The van der Waals surface area contributed by atoms with Crippen molar-refractivity contribution < 1.29 is 14.3 Å². The molecule has 0 spiro atoms. The summed E-state index contributed by atoms with van der Waals surface area (Å²) >= 11 is 10.6. The molecule has 0 saturated carbocycles. The van der Waals surface area contributed by atoms with Gasteiger partial charge in [-0.05, 0) is 92.6 Å². The highest BCUT2D eigenvalue weighted by molar-refractivity contribution is 7.80. The van der Waals surface area contributed by atoms with Crippen molar-refractivity contribution in [3.05, 3.63) is 88.2 Å². The van der Waals surface area contributed by atoms with E-state index in [-0.39, 0.29) is 23.0 Å². The van der Waals surface area contributed by atoms with Crippen LogP contribution >= 0.6 is 24.2 Å². The number of thiol groups is 1. The molecule has 2 atom stereocenters. The van der Waals surface area contributed by atoms with Crippen LogP contribution in [-0.4, -0.2) is 54.2 Å². The van der Waals surface area contributed by atoms with Gasteiger partial charge in [-0.25, -0.2) is 4.39 Å². The van der Waals surface area contributed by atoms with Crippen molar-refractivity contribution in [1.29, 1.82) is 0 Å². The van der Waals surface area contributed by atoms with Crippen LogP contribution in [-0.2, 0) is 6.42 Å². The van der Waals surface area contributed by atoms with Crippen molar-refractivity contribution in [2.24, 2.45) is 0 Å². The number of anilines is 1. The topological polar surface area (TPSA) is 55.8 Å². The van der Waals surface area contributed by atoms with Crippen LogP contribution in [0.1, 0.15) is 60.0 Å². The lowest BCUT2D eigenvalue weighted by Gasteiger charge is -2.43. The van der Waals surface area contributed by atoms with Crippen LogP contribution in [0.2, 0.25) is 5.02 Å². The Morgan fingerprint density at radius 1 is 1.02 bits per heavy atom. The van der Waals surface area contributed by atoms with Crippen molar-refractivity contribution in [3.63, 3.8) is 0 Å². The molecule has 3 heterocycles. The van der Waals surface area contributed by atoms with E-state index in [9.17, 15) is 14.3 Å². The third-order valence-electron chi connectivity index (χ3n) is 8.35. The van der Waals surface area contributed by atoms with Crippen LogP contribution in [0.3, 0.4) is 0 Å². The number of aromatic hydroxyl groups is 1. The fourth-order valence-corrected chi connectivity index (χ4v) is 6.83. The van der Waals surface area contributed by atoms with E-state index >= 15 is 0 Å². The summed E-state index contributed by atoms with van der Waals surface area (Å²) in [6, 6.07) is 18.7. The van der Waals surface area contributed by atoms with Gasteiger partial charge >= 0.3 is 0 Å². The minimum atomic E-state index is -0.458. The quantitative estimate of drug-likeness (QED) is 0.301. The number of halogens is 2. The Balaban J connectivity index is 0.000000223. The van der Waals surface area contributed by atoms with Gasteiger partial charge < -0.3 is 20.2 Å². The van der Waals surface area contributed by atoms with Gasteiger partial charge in [0.15, 0.2) is 0 Å². The molecule has 3 aromatic carbocycles. The number of carbonyl (C=O) groups is 1. The van der Waals surface area contributed by atoms with E-state index in [2.05, 4.69) is 53.2 Å². The summed E-state index contributed by atoms with van der Waals surface area (Å²) in [7, 11) is 0. The number of phenols is 1. The Kier molecular flexibility index (Phi) is 9.24. The highest BCUT2D eigenvalue weighted by Gasteiger charge is 2.43. The number of hydrogen-bond acceptors (Lipinski definition) is 5. The van der Waals surface area contributed by atoms with E-state index < -0.39 is 5.82 Å². The van der Waals surface area contributed by atoms with Crippen LogP contribution in [0.25, 0.3) is 0 Å². The van der Waals surface area contributed by atoms with Gasteiger partial charge in [-0.3, -0.25) is 4.79 Å². The largest absolute Gasteiger partial charge is 0.505 e. The predicted molar refractivity (Wildman–Crippen MR) is 163 cm³/mol. The minimum absolute atomic E-state index is 0.118. The molecule has 2 N–H and O–H groups in total. The summed E-state index contributed by atoms with van der Waals surface area (Å²) < 4.78 is 13.3. The smallest absolute Gasteiger partial charge is 0.255 e. The molecule has 3 aliphatic heterocycles. The molecule has 40 heavy (non-hydrogen) atoms. The molecule has 0 radical (unpaired) electrons. The number of hydrogen-bond donors (Lipinski definition) is 3. The van der Waals surface area contributed by atoms with Gasteiger partial charge in [0, 0.05) is 30.1 Å². The van der Waals surface area contributed by atoms with Gasteiger partial charge in [0.25, 0.3) is 5.91 Å². The standard InChI is InChI=1S/C21H22ClFN2O2S.C11H15N/c1-2-12-7-16(28)9-19(20(12)26)25-14-4-5-15(25)11-24(10-14)21(27)17-6-3-13(23)8-18(17)22;1-2-4-10(5-3-1)11-6-8-12-9-7-11/h3,6-9,14-15,26,28H,2,4-5,10-11H2,1H3;1-5,11-12H,6-9H2. The Bertz CT molecular complexity index is 1320. The lowest BCUT2D eigenvalue weighted by atomic mass is 9.90. The fourth-order valence-electron chi connectivity index (χ4n) is 6.30. The number of nitrogens with one attached hydrogen (secondary N) is 1. The molecule has 0 aromatic heterocycles. The van der Waals surface area contributed by atoms with Gasteiger partial charge in [0.05, 0.1) is 16.3 Å². The van der Waals surface area contributed by atoms with E-state index in [1.165, 1.54) is 49.7 Å². The molecule has 3 aliphatic rings. The zero-order valence-electron chi connectivity index (χ0n) is 22.8. The molecule has 3 aromatic rings. The second-order valence-corrected chi connectivity index (χ2v) is 11.8. The number of amides is 1. The first-order valence-electron chi connectivity index (χ1n) is 14.2. The number of likely N-dealkylation sites (tertiary alicyclic amines) is 1. The normalized spacial score (nSPS) is 20.7. The predicted octanol–water partition coefficient (Wildman–Crippen LogP) is 6.68. The molecular weight excluding hydrogens is 545 g/mol. The summed E-state index contributed by atoms with van der Waals surface area (Å²) in [4.78, 5) is 17.8. The molecule has 3 saturated heterocycles. The molecule has 6 rings (SSSR count). The summed E-state index contributed by atoms with van der Waals surface area (Å²) in [6.07, 6.45) is 5.21. The van der Waals surface area contributed by atoms with Gasteiger partial charge in [0.2, 0.25) is 0 Å². The number of piperidine rings is 1. The molecule has 1 amide bonds.